The van der Waals surface area contributed by atoms with E-state index in [4.69, 9.17) is 14.2 Å². The van der Waals surface area contributed by atoms with Crippen LogP contribution in [0.2, 0.25) is 0 Å². The van der Waals surface area contributed by atoms with Gasteiger partial charge < -0.3 is 14.2 Å². The van der Waals surface area contributed by atoms with Crippen LogP contribution in [0.25, 0.3) is 0 Å². The summed E-state index contributed by atoms with van der Waals surface area (Å²) in [5, 5.41) is 13.6. The monoisotopic (exact) mass is 384 g/mol. The lowest BCUT2D eigenvalue weighted by molar-refractivity contribution is 0.290. The van der Waals surface area contributed by atoms with Crippen LogP contribution in [0.3, 0.4) is 0 Å². The first-order valence-electron chi connectivity index (χ1n) is 8.17. The van der Waals surface area contributed by atoms with Gasteiger partial charge in [-0.2, -0.15) is 9.78 Å². The SMILES string of the molecule is COc1ccc(OC)c(/C=N\n2c(COc3ccccc3)nnc2SC)c1. The van der Waals surface area contributed by atoms with E-state index in [2.05, 4.69) is 15.3 Å². The molecule has 0 saturated heterocycles. The molecule has 27 heavy (non-hydrogen) atoms. The van der Waals surface area contributed by atoms with Crippen LogP contribution in [0.5, 0.6) is 17.2 Å². The fraction of sp³-hybridized carbons (Fsp3) is 0.211. The molecule has 0 fully saturated rings. The van der Waals surface area contributed by atoms with Gasteiger partial charge in [0.25, 0.3) is 0 Å². The fourth-order valence-corrected chi connectivity index (χ4v) is 2.80. The molecular formula is C19H20N4O3S. The summed E-state index contributed by atoms with van der Waals surface area (Å²) in [6, 6.07) is 15.1. The first kappa shape index (κ1) is 18.8. The maximum atomic E-state index is 5.77. The molecule has 140 valence electrons. The van der Waals surface area contributed by atoms with Crippen LogP contribution in [-0.2, 0) is 6.61 Å². The summed E-state index contributed by atoms with van der Waals surface area (Å²) >= 11 is 1.45. The molecule has 1 heterocycles. The smallest absolute Gasteiger partial charge is 0.211 e. The number of aromatic nitrogens is 3. The van der Waals surface area contributed by atoms with Gasteiger partial charge in [0.1, 0.15) is 23.9 Å². The zero-order valence-corrected chi connectivity index (χ0v) is 16.1. The van der Waals surface area contributed by atoms with Crippen molar-refractivity contribution in [3.8, 4) is 17.2 Å². The lowest BCUT2D eigenvalue weighted by atomic mass is 10.2. The average molecular weight is 384 g/mol. The highest BCUT2D eigenvalue weighted by Crippen LogP contribution is 2.23. The van der Waals surface area contributed by atoms with Gasteiger partial charge in [-0.05, 0) is 36.6 Å². The number of hydrogen-bond acceptors (Lipinski definition) is 7. The summed E-state index contributed by atoms with van der Waals surface area (Å²) < 4.78 is 18.1. The van der Waals surface area contributed by atoms with Crippen molar-refractivity contribution in [2.24, 2.45) is 5.10 Å². The predicted molar refractivity (Wildman–Crippen MR) is 105 cm³/mol. The van der Waals surface area contributed by atoms with Gasteiger partial charge >= 0.3 is 0 Å². The van der Waals surface area contributed by atoms with E-state index in [0.717, 1.165) is 17.1 Å². The molecule has 0 saturated carbocycles. The van der Waals surface area contributed by atoms with Gasteiger partial charge in [-0.15, -0.1) is 10.2 Å². The van der Waals surface area contributed by atoms with Gasteiger partial charge in [-0.25, -0.2) is 0 Å². The number of ether oxygens (including phenoxy) is 3. The molecule has 0 aliphatic rings. The van der Waals surface area contributed by atoms with E-state index in [1.807, 2.05) is 54.8 Å². The lowest BCUT2D eigenvalue weighted by Crippen LogP contribution is -2.05. The Morgan fingerprint density at radius 3 is 2.56 bits per heavy atom. The first-order valence-corrected chi connectivity index (χ1v) is 9.40. The van der Waals surface area contributed by atoms with E-state index in [9.17, 15) is 0 Å². The van der Waals surface area contributed by atoms with Crippen LogP contribution in [0, 0.1) is 0 Å². The highest BCUT2D eigenvalue weighted by molar-refractivity contribution is 7.98. The Bertz CT molecular complexity index is 913. The van der Waals surface area contributed by atoms with Gasteiger partial charge in [-0.1, -0.05) is 30.0 Å². The van der Waals surface area contributed by atoms with Gasteiger partial charge in [0.2, 0.25) is 5.16 Å². The molecule has 2 aromatic carbocycles. The summed E-state index contributed by atoms with van der Waals surface area (Å²) in [5.41, 5.74) is 0.785. The predicted octanol–water partition coefficient (Wildman–Crippen LogP) is 3.48. The Kier molecular flexibility index (Phi) is 6.32. The Labute approximate surface area is 162 Å². The minimum absolute atomic E-state index is 0.254. The number of methoxy groups -OCH3 is 2. The van der Waals surface area contributed by atoms with Crippen LogP contribution in [0.1, 0.15) is 11.4 Å². The van der Waals surface area contributed by atoms with Crippen molar-refractivity contribution in [2.75, 3.05) is 20.5 Å². The molecule has 0 radical (unpaired) electrons. The maximum Gasteiger partial charge on any atom is 0.211 e. The molecule has 1 aromatic heterocycles. The van der Waals surface area contributed by atoms with E-state index < -0.39 is 0 Å². The van der Waals surface area contributed by atoms with Crippen molar-refractivity contribution in [2.45, 2.75) is 11.8 Å². The van der Waals surface area contributed by atoms with E-state index in [0.29, 0.717) is 16.7 Å². The largest absolute Gasteiger partial charge is 0.497 e. The van der Waals surface area contributed by atoms with Crippen molar-refractivity contribution in [3.05, 3.63) is 59.9 Å². The minimum Gasteiger partial charge on any atom is -0.497 e. The molecular weight excluding hydrogens is 364 g/mol. The van der Waals surface area contributed by atoms with E-state index in [-0.39, 0.29) is 6.61 Å². The molecule has 7 nitrogen and oxygen atoms in total. The lowest BCUT2D eigenvalue weighted by Gasteiger charge is -2.08. The molecule has 0 aliphatic heterocycles. The molecule has 0 unspecified atom stereocenters. The van der Waals surface area contributed by atoms with Crippen LogP contribution in [-0.4, -0.2) is 41.6 Å². The third-order valence-electron chi connectivity index (χ3n) is 3.72. The summed E-state index contributed by atoms with van der Waals surface area (Å²) in [6.07, 6.45) is 3.61. The molecule has 3 aromatic rings. The quantitative estimate of drug-likeness (QED) is 0.437. The summed E-state index contributed by atoms with van der Waals surface area (Å²) in [5.74, 6) is 2.77. The molecule has 0 bridgehead atoms. The Balaban J connectivity index is 1.85. The normalized spacial score (nSPS) is 10.9. The van der Waals surface area contributed by atoms with Crippen molar-refractivity contribution in [1.29, 1.82) is 0 Å². The zero-order valence-electron chi connectivity index (χ0n) is 15.3. The fourth-order valence-electron chi connectivity index (χ4n) is 2.35. The molecule has 0 amide bonds. The highest BCUT2D eigenvalue weighted by Gasteiger charge is 2.12. The van der Waals surface area contributed by atoms with Crippen LogP contribution in [0.4, 0.5) is 0 Å². The molecule has 0 atom stereocenters. The first-order chi connectivity index (χ1) is 13.2. The third kappa shape index (κ3) is 4.59. The molecule has 8 heteroatoms. The maximum absolute atomic E-state index is 5.77. The molecule has 3 rings (SSSR count). The van der Waals surface area contributed by atoms with Gasteiger partial charge in [0.05, 0.1) is 20.4 Å². The summed E-state index contributed by atoms with van der Waals surface area (Å²) in [7, 11) is 3.23. The second-order valence-corrected chi connectivity index (χ2v) is 6.14. The zero-order chi connectivity index (χ0) is 19.1. The Morgan fingerprint density at radius 2 is 1.85 bits per heavy atom. The average Bonchev–Trinajstić information content (AvgIpc) is 3.13. The van der Waals surface area contributed by atoms with E-state index in [1.54, 1.807) is 25.1 Å². The summed E-state index contributed by atoms with van der Waals surface area (Å²) in [4.78, 5) is 0. The van der Waals surface area contributed by atoms with Gasteiger partial charge in [-0.3, -0.25) is 0 Å². The Morgan fingerprint density at radius 1 is 1.04 bits per heavy atom. The van der Waals surface area contributed by atoms with Gasteiger partial charge in [0.15, 0.2) is 5.82 Å². The van der Waals surface area contributed by atoms with Crippen LogP contribution >= 0.6 is 11.8 Å². The minimum atomic E-state index is 0.254. The topological polar surface area (TPSA) is 70.8 Å². The van der Waals surface area contributed by atoms with Crippen molar-refractivity contribution in [1.82, 2.24) is 14.9 Å². The molecule has 0 spiro atoms. The van der Waals surface area contributed by atoms with Crippen molar-refractivity contribution in [3.63, 3.8) is 0 Å². The van der Waals surface area contributed by atoms with Gasteiger partial charge in [0, 0.05) is 5.56 Å². The standard InChI is InChI=1S/C19H20N4O3S/c1-24-16-9-10-17(25-2)14(11-16)12-20-23-18(21-22-19(23)27-3)13-26-15-7-5-4-6-8-15/h4-12H,13H2,1-3H3/b20-12-. The van der Waals surface area contributed by atoms with E-state index in [1.165, 1.54) is 11.8 Å². The molecule has 0 N–H and O–H groups in total. The number of thioether (sulfide) groups is 1. The number of rotatable bonds is 8. The van der Waals surface area contributed by atoms with Crippen molar-refractivity contribution >= 4 is 18.0 Å². The number of hydrogen-bond donors (Lipinski definition) is 0. The van der Waals surface area contributed by atoms with E-state index >= 15 is 0 Å². The second kappa shape index (κ2) is 9.09. The summed E-state index contributed by atoms with van der Waals surface area (Å²) in [6.45, 7) is 0.254. The second-order valence-electron chi connectivity index (χ2n) is 5.37. The van der Waals surface area contributed by atoms with Crippen LogP contribution in [0.15, 0.2) is 58.8 Å². The van der Waals surface area contributed by atoms with Crippen molar-refractivity contribution < 1.29 is 14.2 Å². The third-order valence-corrected chi connectivity index (χ3v) is 4.34. The number of para-hydroxylation sites is 1. The van der Waals surface area contributed by atoms with Crippen LogP contribution < -0.4 is 14.2 Å². The number of benzene rings is 2. The Hall–Kier alpha value is -3.00. The molecule has 0 aliphatic carbocycles. The number of nitrogens with zero attached hydrogens (tertiary/aromatic N) is 4. The highest BCUT2D eigenvalue weighted by atomic mass is 32.2.